The van der Waals surface area contributed by atoms with Gasteiger partial charge in [0.2, 0.25) is 5.91 Å². The number of benzene rings is 1. The predicted molar refractivity (Wildman–Crippen MR) is 93.8 cm³/mol. The number of carboxylic acid groups (broad SMARTS) is 1. The van der Waals surface area contributed by atoms with Gasteiger partial charge in [-0.2, -0.15) is 0 Å². The number of nitrogens with one attached hydrogen (secondary N) is 1. The minimum absolute atomic E-state index is 0.105. The van der Waals surface area contributed by atoms with E-state index in [1.807, 2.05) is 0 Å². The molecule has 1 aliphatic rings. The lowest BCUT2D eigenvalue weighted by Crippen LogP contribution is -2.71. The number of amides is 1. The quantitative estimate of drug-likeness (QED) is 0.263. The molecule has 0 radical (unpaired) electrons. The Morgan fingerprint density at radius 3 is 2.36 bits per heavy atom. The summed E-state index contributed by atoms with van der Waals surface area (Å²) in [5, 5.41) is 62.5. The van der Waals surface area contributed by atoms with Crippen molar-refractivity contribution in [3.05, 3.63) is 35.9 Å². The number of hydrogen-bond donors (Lipinski definition) is 7. The second kappa shape index (κ2) is 8.95. The van der Waals surface area contributed by atoms with Crippen molar-refractivity contribution in [1.29, 1.82) is 0 Å². The van der Waals surface area contributed by atoms with Gasteiger partial charge in [-0.25, -0.2) is 4.79 Å². The average molecular weight is 399 g/mol. The Hall–Kier alpha value is -2.08. The van der Waals surface area contributed by atoms with Crippen LogP contribution in [0.25, 0.3) is 0 Å². The van der Waals surface area contributed by atoms with E-state index >= 15 is 0 Å². The molecule has 0 aromatic heterocycles. The lowest BCUT2D eigenvalue weighted by atomic mass is 9.77. The first-order valence-electron chi connectivity index (χ1n) is 8.71. The fourth-order valence-corrected chi connectivity index (χ4v) is 3.39. The second-order valence-corrected chi connectivity index (χ2v) is 6.84. The zero-order valence-electron chi connectivity index (χ0n) is 15.2. The van der Waals surface area contributed by atoms with Crippen molar-refractivity contribution in [3.8, 4) is 0 Å². The van der Waals surface area contributed by atoms with Crippen molar-refractivity contribution in [3.63, 3.8) is 0 Å². The van der Waals surface area contributed by atoms with Crippen LogP contribution in [0.4, 0.5) is 0 Å². The normalized spacial score (nSPS) is 32.4. The third-order valence-corrected chi connectivity index (χ3v) is 4.85. The van der Waals surface area contributed by atoms with Gasteiger partial charge in [-0.3, -0.25) is 4.79 Å². The number of aliphatic carboxylic acids is 1. The lowest BCUT2D eigenvalue weighted by molar-refractivity contribution is -0.320. The van der Waals surface area contributed by atoms with Gasteiger partial charge in [-0.1, -0.05) is 30.3 Å². The van der Waals surface area contributed by atoms with Gasteiger partial charge < -0.3 is 40.7 Å². The van der Waals surface area contributed by atoms with E-state index in [2.05, 4.69) is 5.32 Å². The molecule has 2 unspecified atom stereocenters. The number of hydrogen-bond acceptors (Lipinski definition) is 8. The molecule has 1 fully saturated rings. The van der Waals surface area contributed by atoms with Gasteiger partial charge in [0.1, 0.15) is 18.3 Å². The van der Waals surface area contributed by atoms with E-state index in [9.17, 15) is 35.1 Å². The van der Waals surface area contributed by atoms with Crippen molar-refractivity contribution >= 4 is 11.9 Å². The summed E-state index contributed by atoms with van der Waals surface area (Å²) in [6.45, 7) is 0.256. The van der Waals surface area contributed by atoms with Gasteiger partial charge in [-0.15, -0.1) is 0 Å². The highest BCUT2D eigenvalue weighted by molar-refractivity contribution is 5.77. The summed E-state index contributed by atoms with van der Waals surface area (Å²) in [5.74, 6) is -6.73. The molecule has 10 heteroatoms. The van der Waals surface area contributed by atoms with E-state index in [-0.39, 0.29) is 6.42 Å². The van der Waals surface area contributed by atoms with Gasteiger partial charge in [0, 0.05) is 6.92 Å². The second-order valence-electron chi connectivity index (χ2n) is 6.84. The van der Waals surface area contributed by atoms with Crippen molar-refractivity contribution in [1.82, 2.24) is 5.32 Å². The van der Waals surface area contributed by atoms with Crippen LogP contribution in [-0.4, -0.2) is 85.4 Å². The molecule has 1 aromatic carbocycles. The summed E-state index contributed by atoms with van der Waals surface area (Å²) in [7, 11) is 0. The molecule has 1 saturated heterocycles. The molecule has 28 heavy (non-hydrogen) atoms. The Morgan fingerprint density at radius 1 is 1.25 bits per heavy atom. The van der Waals surface area contributed by atoms with Crippen molar-refractivity contribution in [2.75, 3.05) is 6.61 Å². The molecule has 1 aliphatic heterocycles. The van der Waals surface area contributed by atoms with Gasteiger partial charge >= 0.3 is 5.97 Å². The molecule has 10 nitrogen and oxygen atoms in total. The molecular weight excluding hydrogens is 374 g/mol. The van der Waals surface area contributed by atoms with Crippen LogP contribution < -0.4 is 5.32 Å². The van der Waals surface area contributed by atoms with Crippen LogP contribution in [0.15, 0.2) is 30.3 Å². The summed E-state index contributed by atoms with van der Waals surface area (Å²) < 4.78 is 5.25. The Balaban J connectivity index is 2.45. The first-order valence-corrected chi connectivity index (χ1v) is 8.71. The first kappa shape index (κ1) is 22.2. The molecule has 2 rings (SSSR count). The highest BCUT2D eigenvalue weighted by Crippen LogP contribution is 2.37. The maximum Gasteiger partial charge on any atom is 0.364 e. The Morgan fingerprint density at radius 2 is 1.86 bits per heavy atom. The van der Waals surface area contributed by atoms with Crippen LogP contribution in [0.2, 0.25) is 0 Å². The molecule has 1 amide bonds. The van der Waals surface area contributed by atoms with Gasteiger partial charge in [0.25, 0.3) is 5.79 Å². The number of carbonyl (C=O) groups is 2. The zero-order chi connectivity index (χ0) is 21.1. The summed E-state index contributed by atoms with van der Waals surface area (Å²) in [6, 6.07) is 7.12. The summed E-state index contributed by atoms with van der Waals surface area (Å²) in [4.78, 5) is 23.4. The molecule has 1 heterocycles. The maximum atomic E-state index is 11.8. The lowest BCUT2D eigenvalue weighted by Gasteiger charge is -2.49. The number of carboxylic acids is 1. The van der Waals surface area contributed by atoms with E-state index in [1.165, 1.54) is 0 Å². The minimum atomic E-state index is -2.91. The third-order valence-electron chi connectivity index (χ3n) is 4.85. The molecule has 156 valence electrons. The van der Waals surface area contributed by atoms with Crippen LogP contribution in [-0.2, 0) is 20.7 Å². The molecular formula is C18H25NO9. The van der Waals surface area contributed by atoms with Crippen LogP contribution in [0.3, 0.4) is 0 Å². The SMILES string of the molecule is CC(=O)N[C@H]1[C@H]([C@H](O)[C@H](O)CO)OC(O)(C(=O)O)C(Cc2ccccc2)[C@@H]1O. The summed E-state index contributed by atoms with van der Waals surface area (Å²) in [5.41, 5.74) is 0.603. The number of carbonyl (C=O) groups excluding carboxylic acids is 1. The highest BCUT2D eigenvalue weighted by Gasteiger charge is 2.60. The smallest absolute Gasteiger partial charge is 0.364 e. The van der Waals surface area contributed by atoms with E-state index in [1.54, 1.807) is 30.3 Å². The Kier molecular flexibility index (Phi) is 7.10. The van der Waals surface area contributed by atoms with Crippen molar-refractivity contribution in [2.45, 2.75) is 49.6 Å². The van der Waals surface area contributed by atoms with Gasteiger partial charge in [-0.05, 0) is 12.0 Å². The molecule has 7 N–H and O–H groups in total. The van der Waals surface area contributed by atoms with Crippen molar-refractivity contribution < 1.29 is 45.0 Å². The number of ether oxygens (including phenoxy) is 1. The maximum absolute atomic E-state index is 11.8. The van der Waals surface area contributed by atoms with E-state index in [4.69, 9.17) is 9.84 Å². The number of rotatable bonds is 7. The van der Waals surface area contributed by atoms with E-state index in [0.717, 1.165) is 6.92 Å². The van der Waals surface area contributed by atoms with E-state index < -0.39 is 60.6 Å². The van der Waals surface area contributed by atoms with Crippen LogP contribution in [0.1, 0.15) is 12.5 Å². The zero-order valence-corrected chi connectivity index (χ0v) is 15.2. The fraction of sp³-hybridized carbons (Fsp3) is 0.556. The van der Waals surface area contributed by atoms with Crippen LogP contribution in [0.5, 0.6) is 0 Å². The minimum Gasteiger partial charge on any atom is -0.477 e. The third kappa shape index (κ3) is 4.49. The number of aliphatic hydroxyl groups is 5. The molecule has 1 aromatic rings. The first-order chi connectivity index (χ1) is 13.1. The largest absolute Gasteiger partial charge is 0.477 e. The molecule has 7 atom stereocenters. The fourth-order valence-electron chi connectivity index (χ4n) is 3.39. The Bertz CT molecular complexity index is 685. The highest BCUT2D eigenvalue weighted by atomic mass is 16.7. The molecule has 0 spiro atoms. The average Bonchev–Trinajstić information content (AvgIpc) is 2.66. The topological polar surface area (TPSA) is 177 Å². The number of aliphatic hydroxyl groups excluding tert-OH is 4. The molecule has 0 bridgehead atoms. The van der Waals surface area contributed by atoms with Crippen molar-refractivity contribution in [2.24, 2.45) is 5.92 Å². The van der Waals surface area contributed by atoms with E-state index in [0.29, 0.717) is 5.56 Å². The summed E-state index contributed by atoms with van der Waals surface area (Å²) in [6.07, 6.45) is -7.09. The van der Waals surface area contributed by atoms with Gasteiger partial charge in [0.15, 0.2) is 0 Å². The van der Waals surface area contributed by atoms with Crippen LogP contribution >= 0.6 is 0 Å². The Labute approximate surface area is 161 Å². The molecule has 0 aliphatic carbocycles. The monoisotopic (exact) mass is 399 g/mol. The standard InChI is InChI=1S/C18H25NO9/c1-9(21)19-13-14(23)11(7-10-5-3-2-4-6-10)18(27,17(25)26)28-16(13)15(24)12(22)8-20/h2-6,11-16,20,22-24,27H,7-8H2,1H3,(H,19,21)(H,25,26)/t11?,12-,13-,14+,15-,16-,18?/m1/s1. The van der Waals surface area contributed by atoms with Crippen LogP contribution in [0, 0.1) is 5.92 Å². The van der Waals surface area contributed by atoms with Gasteiger partial charge in [0.05, 0.1) is 24.7 Å². The summed E-state index contributed by atoms with van der Waals surface area (Å²) >= 11 is 0. The molecule has 0 saturated carbocycles. The predicted octanol–water partition coefficient (Wildman–Crippen LogP) is -2.40.